The van der Waals surface area contributed by atoms with E-state index in [1.54, 1.807) is 0 Å². The van der Waals surface area contributed by atoms with Crippen LogP contribution in [0.25, 0.3) is 0 Å². The van der Waals surface area contributed by atoms with E-state index in [2.05, 4.69) is 0 Å². The van der Waals surface area contributed by atoms with Crippen LogP contribution in [0.15, 0.2) is 23.1 Å². The number of carbonyl (C=O) groups excluding carboxylic acids is 1. The molecule has 0 saturated heterocycles. The van der Waals surface area contributed by atoms with Crippen molar-refractivity contribution >= 4 is 22.3 Å². The number of Topliss-reactive ketones (excluding diaryl/α,β-unsaturated/α-hetero) is 1. The van der Waals surface area contributed by atoms with Crippen LogP contribution in [-0.4, -0.2) is 20.7 Å². The van der Waals surface area contributed by atoms with Gasteiger partial charge in [0.25, 0.3) is 5.69 Å². The van der Waals surface area contributed by atoms with E-state index in [9.17, 15) is 19.1 Å². The highest BCUT2D eigenvalue weighted by atomic mass is 32.2. The summed E-state index contributed by atoms with van der Waals surface area (Å²) in [6.45, 7) is 0. The Morgan fingerprint density at radius 3 is 2.80 bits per heavy atom. The van der Waals surface area contributed by atoms with Crippen molar-refractivity contribution in [2.24, 2.45) is 0 Å². The molecule has 1 heterocycles. The van der Waals surface area contributed by atoms with Gasteiger partial charge in [0.05, 0.1) is 20.6 Å². The van der Waals surface area contributed by atoms with Gasteiger partial charge in [-0.05, 0) is 6.07 Å². The number of non-ortho nitro benzene ring substituents is 1. The van der Waals surface area contributed by atoms with Crippen molar-refractivity contribution in [3.05, 3.63) is 33.9 Å². The molecular formula is C9H7NO4S. The van der Waals surface area contributed by atoms with Crippen molar-refractivity contribution < 1.29 is 13.9 Å². The third-order valence-corrected chi connectivity index (χ3v) is 3.66. The summed E-state index contributed by atoms with van der Waals surface area (Å²) in [5.41, 5.74) is 0.0924. The summed E-state index contributed by atoms with van der Waals surface area (Å²) in [5.74, 6) is 0.136. The van der Waals surface area contributed by atoms with E-state index in [-0.39, 0.29) is 23.5 Å². The first-order valence-corrected chi connectivity index (χ1v) is 5.61. The summed E-state index contributed by atoms with van der Waals surface area (Å²) < 4.78 is 11.5. The molecule has 0 radical (unpaired) electrons. The molecule has 0 aliphatic carbocycles. The molecule has 1 aromatic rings. The van der Waals surface area contributed by atoms with E-state index in [1.165, 1.54) is 18.2 Å². The molecule has 1 aliphatic rings. The van der Waals surface area contributed by atoms with Gasteiger partial charge < -0.3 is 0 Å². The maximum atomic E-state index is 11.5. The number of nitro groups is 1. The highest BCUT2D eigenvalue weighted by Crippen LogP contribution is 2.25. The van der Waals surface area contributed by atoms with Gasteiger partial charge in [0.15, 0.2) is 5.78 Å². The Morgan fingerprint density at radius 2 is 2.13 bits per heavy atom. The fourth-order valence-electron chi connectivity index (χ4n) is 1.48. The number of hydrogen-bond donors (Lipinski definition) is 0. The minimum absolute atomic E-state index is 0.138. The number of hydrogen-bond acceptors (Lipinski definition) is 4. The van der Waals surface area contributed by atoms with Gasteiger partial charge in [0.2, 0.25) is 0 Å². The van der Waals surface area contributed by atoms with E-state index in [1.807, 2.05) is 0 Å². The lowest BCUT2D eigenvalue weighted by molar-refractivity contribution is -0.384. The molecule has 0 spiro atoms. The molecule has 0 N–H and O–H groups in total. The maximum Gasteiger partial charge on any atom is 0.270 e. The van der Waals surface area contributed by atoms with Crippen molar-refractivity contribution in [2.45, 2.75) is 11.3 Å². The molecular weight excluding hydrogens is 218 g/mol. The number of rotatable bonds is 1. The Hall–Kier alpha value is -1.56. The summed E-state index contributed by atoms with van der Waals surface area (Å²) in [6, 6.07) is 3.88. The third-order valence-electron chi connectivity index (χ3n) is 2.23. The van der Waals surface area contributed by atoms with Crippen molar-refractivity contribution in [1.82, 2.24) is 0 Å². The molecule has 0 fully saturated rings. The molecule has 1 atom stereocenters. The van der Waals surface area contributed by atoms with Crippen LogP contribution < -0.4 is 0 Å². The van der Waals surface area contributed by atoms with Crippen LogP contribution in [0, 0.1) is 10.1 Å². The van der Waals surface area contributed by atoms with E-state index in [0.717, 1.165) is 0 Å². The number of nitrogens with zero attached hydrogens (tertiary/aromatic N) is 1. The molecule has 1 aromatic carbocycles. The zero-order valence-electron chi connectivity index (χ0n) is 7.63. The van der Waals surface area contributed by atoms with Gasteiger partial charge in [-0.25, -0.2) is 0 Å². The van der Waals surface area contributed by atoms with Crippen molar-refractivity contribution in [2.75, 3.05) is 5.75 Å². The van der Waals surface area contributed by atoms with E-state index in [4.69, 9.17) is 0 Å². The van der Waals surface area contributed by atoms with Crippen LogP contribution in [0.5, 0.6) is 0 Å². The molecule has 1 unspecified atom stereocenters. The summed E-state index contributed by atoms with van der Waals surface area (Å²) in [6.07, 6.45) is 0.195. The Labute approximate surface area is 87.7 Å². The number of carbonyl (C=O) groups is 1. The van der Waals surface area contributed by atoms with Gasteiger partial charge in [0.1, 0.15) is 0 Å². The molecule has 6 heteroatoms. The van der Waals surface area contributed by atoms with Crippen LogP contribution in [-0.2, 0) is 10.8 Å². The Kier molecular flexibility index (Phi) is 2.36. The van der Waals surface area contributed by atoms with E-state index >= 15 is 0 Å². The zero-order valence-corrected chi connectivity index (χ0v) is 8.45. The van der Waals surface area contributed by atoms with Gasteiger partial charge in [0, 0.05) is 29.9 Å². The van der Waals surface area contributed by atoms with Crippen molar-refractivity contribution in [1.29, 1.82) is 0 Å². The Morgan fingerprint density at radius 1 is 1.40 bits per heavy atom. The SMILES string of the molecule is O=C1CCS(=O)c2ccc([N+](=O)[O-])cc21. The largest absolute Gasteiger partial charge is 0.294 e. The van der Waals surface area contributed by atoms with Crippen LogP contribution in [0.1, 0.15) is 16.8 Å². The average Bonchev–Trinajstić information content (AvgIpc) is 2.23. The fourth-order valence-corrected chi connectivity index (χ4v) is 2.71. The molecule has 0 bridgehead atoms. The normalized spacial score (nSPS) is 19.7. The molecule has 5 nitrogen and oxygen atoms in total. The highest BCUT2D eigenvalue weighted by molar-refractivity contribution is 7.85. The molecule has 0 saturated carbocycles. The monoisotopic (exact) mass is 225 g/mol. The molecule has 15 heavy (non-hydrogen) atoms. The van der Waals surface area contributed by atoms with Crippen molar-refractivity contribution in [3.63, 3.8) is 0 Å². The lowest BCUT2D eigenvalue weighted by Crippen LogP contribution is -2.16. The topological polar surface area (TPSA) is 77.3 Å². The quantitative estimate of drug-likeness (QED) is 0.533. The highest BCUT2D eigenvalue weighted by Gasteiger charge is 2.24. The molecule has 0 amide bonds. The van der Waals surface area contributed by atoms with Gasteiger partial charge in [-0.1, -0.05) is 0 Å². The molecule has 1 aliphatic heterocycles. The van der Waals surface area contributed by atoms with Crippen molar-refractivity contribution in [3.8, 4) is 0 Å². The van der Waals surface area contributed by atoms with Crippen LogP contribution in [0.4, 0.5) is 5.69 Å². The predicted molar refractivity (Wildman–Crippen MR) is 53.3 cm³/mol. The van der Waals surface area contributed by atoms with Gasteiger partial charge in [-0.3, -0.25) is 19.1 Å². The number of nitro benzene ring substituents is 1. The van der Waals surface area contributed by atoms with Crippen LogP contribution in [0.3, 0.4) is 0 Å². The first kappa shape index (κ1) is 9.97. The number of benzene rings is 1. The Balaban J connectivity index is 2.59. The third kappa shape index (κ3) is 1.68. The Bertz CT molecular complexity index is 483. The fraction of sp³-hybridized carbons (Fsp3) is 0.222. The molecule has 78 valence electrons. The first-order chi connectivity index (χ1) is 7.09. The van der Waals surface area contributed by atoms with Crippen LogP contribution in [0.2, 0.25) is 0 Å². The maximum absolute atomic E-state index is 11.5. The summed E-state index contributed by atoms with van der Waals surface area (Å²) in [4.78, 5) is 21.8. The second-order valence-electron chi connectivity index (χ2n) is 3.16. The summed E-state index contributed by atoms with van der Waals surface area (Å²) in [7, 11) is -1.20. The van der Waals surface area contributed by atoms with Gasteiger partial charge >= 0.3 is 0 Å². The lowest BCUT2D eigenvalue weighted by atomic mass is 10.1. The minimum Gasteiger partial charge on any atom is -0.294 e. The zero-order chi connectivity index (χ0) is 11.0. The number of ketones is 1. The van der Waals surface area contributed by atoms with E-state index < -0.39 is 15.7 Å². The predicted octanol–water partition coefficient (Wildman–Crippen LogP) is 1.29. The smallest absolute Gasteiger partial charge is 0.270 e. The lowest BCUT2D eigenvalue weighted by Gasteiger charge is -2.12. The summed E-state index contributed by atoms with van der Waals surface area (Å²) >= 11 is 0. The van der Waals surface area contributed by atoms with Gasteiger partial charge in [-0.15, -0.1) is 0 Å². The molecule has 2 rings (SSSR count). The standard InChI is InChI=1S/C9H7NO4S/c11-8-3-4-15(14)9-2-1-6(10(12)13)5-7(8)9/h1-2,5H,3-4H2. The minimum atomic E-state index is -1.20. The second kappa shape index (κ2) is 3.54. The van der Waals surface area contributed by atoms with Gasteiger partial charge in [-0.2, -0.15) is 0 Å². The molecule has 0 aromatic heterocycles. The second-order valence-corrected chi connectivity index (χ2v) is 4.70. The average molecular weight is 225 g/mol. The first-order valence-electron chi connectivity index (χ1n) is 4.29. The van der Waals surface area contributed by atoms with Crippen LogP contribution >= 0.6 is 0 Å². The number of fused-ring (bicyclic) bond motifs is 1. The van der Waals surface area contributed by atoms with E-state index in [0.29, 0.717) is 10.6 Å². The summed E-state index contributed by atoms with van der Waals surface area (Å²) in [5, 5.41) is 10.5.